The van der Waals surface area contributed by atoms with Crippen molar-refractivity contribution in [2.45, 2.75) is 0 Å². The van der Waals surface area contributed by atoms with E-state index in [0.717, 1.165) is 0 Å². The predicted octanol–water partition coefficient (Wildman–Crippen LogP) is 1.00. The third-order valence-corrected chi connectivity index (χ3v) is 2.65. The lowest BCUT2D eigenvalue weighted by atomic mass is 10.2. The van der Waals surface area contributed by atoms with Crippen LogP contribution >= 0.6 is 0 Å². The Kier molecular flexibility index (Phi) is 2.42. The number of carbonyl (C=O) groups excluding carboxylic acids is 1. The molecule has 93 valence electrons. The van der Waals surface area contributed by atoms with E-state index in [4.69, 9.17) is 5.73 Å². The normalized spacial score (nSPS) is 10.7. The second kappa shape index (κ2) is 4.09. The van der Waals surface area contributed by atoms with E-state index >= 15 is 0 Å². The number of aromatic hydroxyl groups is 1. The van der Waals surface area contributed by atoms with E-state index in [9.17, 15) is 9.90 Å². The third kappa shape index (κ3) is 1.89. The number of hydrogen-bond acceptors (Lipinski definition) is 4. The fourth-order valence-electron chi connectivity index (χ4n) is 1.80. The average Bonchev–Trinajstić information content (AvgIpc) is 2.82. The van der Waals surface area contributed by atoms with E-state index in [0.29, 0.717) is 17.0 Å². The first kappa shape index (κ1) is 11.2. The van der Waals surface area contributed by atoms with Gasteiger partial charge in [-0.15, -0.1) is 5.10 Å². The van der Waals surface area contributed by atoms with Gasteiger partial charge < -0.3 is 10.8 Å². The standard InChI is InChI=1S/C13H9N4O2/c14-11(19)10-5-2-6-17-13(10)15-12(16-17)8-3-1-4-9(18)7-8/h1-4,6-7,18H,(H2,14,19). The topological polar surface area (TPSA) is 93.5 Å². The van der Waals surface area contributed by atoms with E-state index in [-0.39, 0.29) is 11.3 Å². The molecule has 0 unspecified atom stereocenters. The fraction of sp³-hybridized carbons (Fsp3) is 0. The molecule has 1 aromatic carbocycles. The van der Waals surface area contributed by atoms with Crippen molar-refractivity contribution < 1.29 is 9.90 Å². The number of amides is 1. The molecule has 0 bridgehead atoms. The van der Waals surface area contributed by atoms with Gasteiger partial charge in [0.05, 0.1) is 5.56 Å². The van der Waals surface area contributed by atoms with Crippen molar-refractivity contribution in [3.05, 3.63) is 48.2 Å². The summed E-state index contributed by atoms with van der Waals surface area (Å²) in [5, 5.41) is 13.7. The van der Waals surface area contributed by atoms with Gasteiger partial charge in [-0.1, -0.05) is 12.1 Å². The first-order valence-corrected chi connectivity index (χ1v) is 5.51. The van der Waals surface area contributed by atoms with Gasteiger partial charge in [0.2, 0.25) is 0 Å². The summed E-state index contributed by atoms with van der Waals surface area (Å²) in [7, 11) is 0. The number of primary amides is 1. The maximum Gasteiger partial charge on any atom is 0.253 e. The molecule has 0 atom stereocenters. The van der Waals surface area contributed by atoms with Gasteiger partial charge in [-0.3, -0.25) is 4.79 Å². The molecule has 3 aromatic rings. The Hall–Kier alpha value is -2.89. The number of carbonyl (C=O) groups is 1. The lowest BCUT2D eigenvalue weighted by Crippen LogP contribution is -2.12. The predicted molar refractivity (Wildman–Crippen MR) is 67.4 cm³/mol. The largest absolute Gasteiger partial charge is 0.508 e. The number of nitrogens with two attached hydrogens (primary N) is 1. The molecule has 6 heteroatoms. The molecule has 3 rings (SSSR count). The summed E-state index contributed by atoms with van der Waals surface area (Å²) >= 11 is 0. The highest BCUT2D eigenvalue weighted by Gasteiger charge is 2.13. The maximum atomic E-state index is 11.3. The number of rotatable bonds is 2. The van der Waals surface area contributed by atoms with Crippen LogP contribution in [0.1, 0.15) is 10.4 Å². The van der Waals surface area contributed by atoms with Gasteiger partial charge in [-0.05, 0) is 18.2 Å². The number of phenolic OH excluding ortho intramolecular Hbond substituents is 1. The van der Waals surface area contributed by atoms with Gasteiger partial charge in [0.15, 0.2) is 11.5 Å². The zero-order chi connectivity index (χ0) is 13.4. The van der Waals surface area contributed by atoms with E-state index < -0.39 is 5.91 Å². The van der Waals surface area contributed by atoms with Gasteiger partial charge >= 0.3 is 0 Å². The first-order valence-electron chi connectivity index (χ1n) is 5.51. The lowest BCUT2D eigenvalue weighted by molar-refractivity contribution is 0.100. The van der Waals surface area contributed by atoms with E-state index in [1.165, 1.54) is 4.52 Å². The fourth-order valence-corrected chi connectivity index (χ4v) is 1.80. The molecule has 1 amide bonds. The van der Waals surface area contributed by atoms with Gasteiger partial charge in [0, 0.05) is 17.8 Å². The molecule has 3 N–H and O–H groups in total. The summed E-state index contributed by atoms with van der Waals surface area (Å²) in [6.45, 7) is 0. The Morgan fingerprint density at radius 3 is 3.00 bits per heavy atom. The van der Waals surface area contributed by atoms with Crippen molar-refractivity contribution in [1.82, 2.24) is 14.6 Å². The summed E-state index contributed by atoms with van der Waals surface area (Å²) in [4.78, 5) is 15.5. The molecular formula is C13H9N4O2. The summed E-state index contributed by atoms with van der Waals surface area (Å²) in [5.41, 5.74) is 6.44. The molecule has 1 radical (unpaired) electrons. The van der Waals surface area contributed by atoms with Crippen molar-refractivity contribution in [3.8, 4) is 17.1 Å². The highest BCUT2D eigenvalue weighted by molar-refractivity contribution is 5.98. The SMILES string of the molecule is NC(=O)c1[c]ccn2nc(-c3cccc(O)c3)nc12. The number of nitrogens with zero attached hydrogens (tertiary/aromatic N) is 3. The quantitative estimate of drug-likeness (QED) is 0.712. The second-order valence-electron chi connectivity index (χ2n) is 3.95. The maximum absolute atomic E-state index is 11.3. The Morgan fingerprint density at radius 2 is 2.26 bits per heavy atom. The van der Waals surface area contributed by atoms with Crippen LogP contribution < -0.4 is 5.73 Å². The third-order valence-electron chi connectivity index (χ3n) is 2.65. The Labute approximate surface area is 108 Å². The lowest BCUT2D eigenvalue weighted by Gasteiger charge is -1.95. The molecular weight excluding hydrogens is 244 g/mol. The van der Waals surface area contributed by atoms with Crippen LogP contribution in [0.5, 0.6) is 5.75 Å². The molecule has 0 fully saturated rings. The van der Waals surface area contributed by atoms with Crippen molar-refractivity contribution >= 4 is 11.6 Å². The molecule has 0 saturated carbocycles. The summed E-state index contributed by atoms with van der Waals surface area (Å²) in [6, 6.07) is 10.8. The monoisotopic (exact) mass is 253 g/mol. The molecule has 19 heavy (non-hydrogen) atoms. The highest BCUT2D eigenvalue weighted by Crippen LogP contribution is 2.21. The molecule has 0 aliphatic rings. The minimum atomic E-state index is -0.611. The Morgan fingerprint density at radius 1 is 1.42 bits per heavy atom. The zero-order valence-electron chi connectivity index (χ0n) is 9.74. The molecule has 6 nitrogen and oxygen atoms in total. The number of hydrogen-bond donors (Lipinski definition) is 2. The molecule has 0 saturated heterocycles. The molecule has 0 aliphatic carbocycles. The zero-order valence-corrected chi connectivity index (χ0v) is 9.74. The smallest absolute Gasteiger partial charge is 0.253 e. The average molecular weight is 253 g/mol. The van der Waals surface area contributed by atoms with Crippen molar-refractivity contribution in [2.24, 2.45) is 5.73 Å². The number of phenols is 1. The van der Waals surface area contributed by atoms with Gasteiger partial charge in [0.25, 0.3) is 5.91 Å². The summed E-state index contributed by atoms with van der Waals surface area (Å²) < 4.78 is 1.45. The number of aromatic nitrogens is 3. The van der Waals surface area contributed by atoms with Crippen LogP contribution in [0.25, 0.3) is 17.0 Å². The summed E-state index contributed by atoms with van der Waals surface area (Å²) in [6.07, 6.45) is 1.63. The number of pyridine rings is 1. The van der Waals surface area contributed by atoms with Gasteiger partial charge in [-0.25, -0.2) is 9.50 Å². The Bertz CT molecular complexity index is 779. The van der Waals surface area contributed by atoms with Crippen LogP contribution in [0.4, 0.5) is 0 Å². The minimum absolute atomic E-state index is 0.123. The Balaban J connectivity index is 2.22. The van der Waals surface area contributed by atoms with Crippen molar-refractivity contribution in [2.75, 3.05) is 0 Å². The number of fused-ring (bicyclic) bond motifs is 1. The molecule has 2 heterocycles. The van der Waals surface area contributed by atoms with Crippen molar-refractivity contribution in [1.29, 1.82) is 0 Å². The molecule has 0 spiro atoms. The molecule has 0 aliphatic heterocycles. The van der Waals surface area contributed by atoms with Crippen LogP contribution in [0.3, 0.4) is 0 Å². The van der Waals surface area contributed by atoms with E-state index in [1.807, 2.05) is 0 Å². The van der Waals surface area contributed by atoms with Crippen LogP contribution in [0, 0.1) is 6.07 Å². The highest BCUT2D eigenvalue weighted by atomic mass is 16.3. The van der Waals surface area contributed by atoms with Crippen LogP contribution in [0.2, 0.25) is 0 Å². The first-order chi connectivity index (χ1) is 9.15. The van der Waals surface area contributed by atoms with Crippen molar-refractivity contribution in [3.63, 3.8) is 0 Å². The van der Waals surface area contributed by atoms with Gasteiger partial charge in [0.1, 0.15) is 5.75 Å². The van der Waals surface area contributed by atoms with E-state index in [2.05, 4.69) is 16.1 Å². The number of benzene rings is 1. The minimum Gasteiger partial charge on any atom is -0.508 e. The van der Waals surface area contributed by atoms with Gasteiger partial charge in [-0.2, -0.15) is 0 Å². The molecule has 2 aromatic heterocycles. The second-order valence-corrected chi connectivity index (χ2v) is 3.95. The van der Waals surface area contributed by atoms with Crippen LogP contribution in [-0.2, 0) is 0 Å². The van der Waals surface area contributed by atoms with E-state index in [1.54, 1.807) is 36.5 Å². The summed E-state index contributed by atoms with van der Waals surface area (Å²) in [5.74, 6) is -0.0866. The van der Waals surface area contributed by atoms with Crippen LogP contribution in [0.15, 0.2) is 36.5 Å². The van der Waals surface area contributed by atoms with Crippen LogP contribution in [-0.4, -0.2) is 25.6 Å².